The predicted molar refractivity (Wildman–Crippen MR) is 111 cm³/mol. The van der Waals surface area contributed by atoms with Crippen molar-refractivity contribution in [3.8, 4) is 5.75 Å². The molecule has 0 saturated heterocycles. The molecule has 7 nitrogen and oxygen atoms in total. The lowest BCUT2D eigenvalue weighted by molar-refractivity contribution is -0.131. The van der Waals surface area contributed by atoms with Crippen molar-refractivity contribution in [2.75, 3.05) is 16.0 Å². The van der Waals surface area contributed by atoms with Gasteiger partial charge in [-0.3, -0.25) is 14.4 Å². The largest absolute Gasteiger partial charge is 0.427 e. The number of esters is 1. The smallest absolute Gasteiger partial charge is 0.308 e. The standard InChI is InChI=1S/C22H19N3O4/c1-13(26)29-16-10-8-15(9-11-16)23-20(27)12-19-22(28)25-18-7-3-5-14-4-2-6-17(24-19)21(14)18/h2-11,19,24H,12H2,1H3,(H,23,27)(H,25,28)/t19-/m1/s1. The molecule has 1 aliphatic rings. The van der Waals surface area contributed by atoms with Crippen molar-refractivity contribution < 1.29 is 19.1 Å². The molecule has 3 aromatic carbocycles. The average molecular weight is 389 g/mol. The van der Waals surface area contributed by atoms with Crippen LogP contribution in [0.1, 0.15) is 13.3 Å². The lowest BCUT2D eigenvalue weighted by atomic mass is 10.1. The van der Waals surface area contributed by atoms with Crippen LogP contribution in [0.4, 0.5) is 17.1 Å². The Balaban J connectivity index is 1.47. The summed E-state index contributed by atoms with van der Waals surface area (Å²) < 4.78 is 4.97. The topological polar surface area (TPSA) is 96.5 Å². The normalized spacial score (nSPS) is 15.1. The average Bonchev–Trinajstić information content (AvgIpc) is 2.81. The van der Waals surface area contributed by atoms with E-state index in [4.69, 9.17) is 4.74 Å². The molecule has 0 saturated carbocycles. The number of benzene rings is 3. The fraction of sp³-hybridized carbons (Fsp3) is 0.136. The highest BCUT2D eigenvalue weighted by molar-refractivity contribution is 6.13. The van der Waals surface area contributed by atoms with Gasteiger partial charge in [-0.1, -0.05) is 24.3 Å². The lowest BCUT2D eigenvalue weighted by Gasteiger charge is -2.16. The first kappa shape index (κ1) is 18.5. The van der Waals surface area contributed by atoms with Crippen molar-refractivity contribution in [2.45, 2.75) is 19.4 Å². The van der Waals surface area contributed by atoms with E-state index in [1.165, 1.54) is 6.92 Å². The highest BCUT2D eigenvalue weighted by atomic mass is 16.5. The molecule has 7 heteroatoms. The molecule has 146 valence electrons. The molecule has 0 aromatic heterocycles. The van der Waals surface area contributed by atoms with Crippen LogP contribution in [0.5, 0.6) is 5.75 Å². The summed E-state index contributed by atoms with van der Waals surface area (Å²) in [4.78, 5) is 36.1. The minimum Gasteiger partial charge on any atom is -0.427 e. The third-order valence-electron chi connectivity index (χ3n) is 4.60. The Morgan fingerprint density at radius 2 is 1.69 bits per heavy atom. The molecule has 0 spiro atoms. The second-order valence-electron chi connectivity index (χ2n) is 6.77. The van der Waals surface area contributed by atoms with Crippen molar-refractivity contribution in [1.29, 1.82) is 0 Å². The highest BCUT2D eigenvalue weighted by Crippen LogP contribution is 2.33. The van der Waals surface area contributed by atoms with Gasteiger partial charge in [0.05, 0.1) is 12.1 Å². The molecular weight excluding hydrogens is 370 g/mol. The number of anilines is 3. The summed E-state index contributed by atoms with van der Waals surface area (Å²) in [5.41, 5.74) is 2.07. The fourth-order valence-corrected chi connectivity index (χ4v) is 3.35. The minimum absolute atomic E-state index is 0.0398. The van der Waals surface area contributed by atoms with E-state index >= 15 is 0 Å². The van der Waals surface area contributed by atoms with Crippen LogP contribution in [0.2, 0.25) is 0 Å². The fourth-order valence-electron chi connectivity index (χ4n) is 3.35. The SMILES string of the molecule is CC(=O)Oc1ccc(NC(=O)C[C@H]2Nc3cccc4cccc(c34)NC2=O)cc1. The zero-order valence-corrected chi connectivity index (χ0v) is 15.7. The van der Waals surface area contributed by atoms with Crippen LogP contribution < -0.4 is 20.7 Å². The Kier molecular flexibility index (Phi) is 4.87. The molecular formula is C22H19N3O4. The Morgan fingerprint density at radius 1 is 1.00 bits per heavy atom. The zero-order valence-electron chi connectivity index (χ0n) is 15.7. The van der Waals surface area contributed by atoms with Crippen LogP contribution in [0, 0.1) is 0 Å². The predicted octanol–water partition coefficient (Wildman–Crippen LogP) is 3.53. The van der Waals surface area contributed by atoms with Crippen LogP contribution >= 0.6 is 0 Å². The van der Waals surface area contributed by atoms with Crippen LogP contribution in [0.3, 0.4) is 0 Å². The van der Waals surface area contributed by atoms with E-state index in [0.717, 1.165) is 22.1 Å². The van der Waals surface area contributed by atoms with E-state index in [1.807, 2.05) is 36.4 Å². The van der Waals surface area contributed by atoms with Crippen molar-refractivity contribution in [3.63, 3.8) is 0 Å². The molecule has 2 amide bonds. The summed E-state index contributed by atoms with van der Waals surface area (Å²) in [6, 6.07) is 17.2. The molecule has 4 rings (SSSR count). The number of carbonyl (C=O) groups excluding carboxylic acids is 3. The van der Waals surface area contributed by atoms with Crippen molar-refractivity contribution in [2.24, 2.45) is 0 Å². The summed E-state index contributed by atoms with van der Waals surface area (Å²) in [6.07, 6.45) is -0.0398. The molecule has 0 fully saturated rings. The van der Waals surface area contributed by atoms with Crippen LogP contribution in [-0.2, 0) is 14.4 Å². The summed E-state index contributed by atoms with van der Waals surface area (Å²) in [7, 11) is 0. The van der Waals surface area contributed by atoms with Gasteiger partial charge in [-0.15, -0.1) is 0 Å². The molecule has 3 aromatic rings. The van der Waals surface area contributed by atoms with E-state index in [1.54, 1.807) is 24.3 Å². The monoisotopic (exact) mass is 389 g/mol. The Bertz CT molecular complexity index is 1100. The molecule has 3 N–H and O–H groups in total. The maximum Gasteiger partial charge on any atom is 0.308 e. The van der Waals surface area contributed by atoms with Gasteiger partial charge in [0.2, 0.25) is 11.8 Å². The van der Waals surface area contributed by atoms with Gasteiger partial charge in [-0.25, -0.2) is 0 Å². The van der Waals surface area contributed by atoms with E-state index in [0.29, 0.717) is 11.4 Å². The van der Waals surface area contributed by atoms with Gasteiger partial charge in [-0.2, -0.15) is 0 Å². The third kappa shape index (κ3) is 4.03. The number of hydrogen-bond donors (Lipinski definition) is 3. The number of ether oxygens (including phenoxy) is 1. The summed E-state index contributed by atoms with van der Waals surface area (Å²) >= 11 is 0. The van der Waals surface area contributed by atoms with E-state index in [-0.39, 0.29) is 18.2 Å². The Labute approximate surface area is 167 Å². The maximum absolute atomic E-state index is 12.7. The first-order valence-corrected chi connectivity index (χ1v) is 9.17. The summed E-state index contributed by atoms with van der Waals surface area (Å²) in [5.74, 6) is -0.598. The van der Waals surface area contributed by atoms with Crippen molar-refractivity contribution in [1.82, 2.24) is 0 Å². The zero-order chi connectivity index (χ0) is 20.4. The van der Waals surface area contributed by atoms with Gasteiger partial charge < -0.3 is 20.7 Å². The number of amides is 2. The summed E-state index contributed by atoms with van der Waals surface area (Å²) in [5, 5.41) is 10.8. The van der Waals surface area contributed by atoms with Gasteiger partial charge >= 0.3 is 5.97 Å². The van der Waals surface area contributed by atoms with Crippen LogP contribution in [0.15, 0.2) is 60.7 Å². The highest BCUT2D eigenvalue weighted by Gasteiger charge is 2.26. The molecule has 1 atom stereocenters. The van der Waals surface area contributed by atoms with Gasteiger partial charge in [-0.05, 0) is 41.8 Å². The minimum atomic E-state index is -0.715. The molecule has 29 heavy (non-hydrogen) atoms. The number of carbonyl (C=O) groups is 3. The first-order valence-electron chi connectivity index (χ1n) is 9.17. The lowest BCUT2D eigenvalue weighted by Crippen LogP contribution is -2.36. The molecule has 1 aliphatic heterocycles. The summed E-state index contributed by atoms with van der Waals surface area (Å²) in [6.45, 7) is 1.32. The second-order valence-corrected chi connectivity index (χ2v) is 6.77. The van der Waals surface area contributed by atoms with Gasteiger partial charge in [0.25, 0.3) is 0 Å². The molecule has 0 aliphatic carbocycles. The maximum atomic E-state index is 12.7. The number of rotatable bonds is 4. The second kappa shape index (κ2) is 7.63. The van der Waals surface area contributed by atoms with E-state index < -0.39 is 12.0 Å². The van der Waals surface area contributed by atoms with E-state index in [9.17, 15) is 14.4 Å². The molecule has 1 heterocycles. The quantitative estimate of drug-likeness (QED) is 0.469. The van der Waals surface area contributed by atoms with Gasteiger partial charge in [0.1, 0.15) is 11.8 Å². The first-order chi connectivity index (χ1) is 14.0. The molecule has 0 bridgehead atoms. The van der Waals surface area contributed by atoms with Gasteiger partial charge in [0.15, 0.2) is 0 Å². The van der Waals surface area contributed by atoms with Crippen molar-refractivity contribution in [3.05, 3.63) is 60.7 Å². The van der Waals surface area contributed by atoms with Crippen molar-refractivity contribution >= 4 is 45.6 Å². The molecule has 0 unspecified atom stereocenters. The molecule has 0 radical (unpaired) electrons. The van der Waals surface area contributed by atoms with E-state index in [2.05, 4.69) is 16.0 Å². The van der Waals surface area contributed by atoms with Crippen LogP contribution in [0.25, 0.3) is 10.8 Å². The third-order valence-corrected chi connectivity index (χ3v) is 4.60. The van der Waals surface area contributed by atoms with Crippen LogP contribution in [-0.4, -0.2) is 23.8 Å². The van der Waals surface area contributed by atoms with Gasteiger partial charge in [0, 0.05) is 23.7 Å². The number of nitrogens with one attached hydrogen (secondary N) is 3. The Morgan fingerprint density at radius 3 is 2.38 bits per heavy atom. The number of hydrogen-bond acceptors (Lipinski definition) is 5. The Hall–Kier alpha value is -3.87.